The maximum atomic E-state index is 13.5. The van der Waals surface area contributed by atoms with Crippen molar-refractivity contribution >= 4 is 17.4 Å². The molecule has 3 nitrogen and oxygen atoms in total. The quantitative estimate of drug-likeness (QED) is 0.797. The summed E-state index contributed by atoms with van der Waals surface area (Å²) in [6.07, 6.45) is 1.43. The van der Waals surface area contributed by atoms with Gasteiger partial charge in [0.2, 0.25) is 0 Å². The van der Waals surface area contributed by atoms with Crippen molar-refractivity contribution in [3.05, 3.63) is 23.1 Å². The molecule has 1 rings (SSSR count). The fraction of sp³-hybridized carbons (Fsp3) is 0.500. The van der Waals surface area contributed by atoms with Gasteiger partial charge in [-0.3, -0.25) is 0 Å². The minimum absolute atomic E-state index is 0.0539. The maximum absolute atomic E-state index is 13.5. The number of likely N-dealkylation sites (N-methyl/N-ethyl adjacent to an activating group) is 1. The zero-order chi connectivity index (χ0) is 11.4. The van der Waals surface area contributed by atoms with Crippen LogP contribution in [0.3, 0.4) is 0 Å². The molecule has 1 atom stereocenters. The zero-order valence-electron chi connectivity index (χ0n) is 9.00. The molecule has 1 aromatic heterocycles. The number of aromatic nitrogens is 1. The van der Waals surface area contributed by atoms with Crippen molar-refractivity contribution in [1.29, 1.82) is 0 Å². The van der Waals surface area contributed by atoms with E-state index in [2.05, 4.69) is 4.98 Å². The van der Waals surface area contributed by atoms with Crippen molar-refractivity contribution < 1.29 is 9.13 Å². The van der Waals surface area contributed by atoms with E-state index >= 15 is 0 Å². The van der Waals surface area contributed by atoms with Gasteiger partial charge in [-0.15, -0.1) is 0 Å². The monoisotopic (exact) mass is 232 g/mol. The van der Waals surface area contributed by atoms with Crippen molar-refractivity contribution in [2.45, 2.75) is 13.0 Å². The standard InChI is InChI=1S/C10H14ClFN2O/c1-7(6-15-3)14(2)10-9(12)4-8(11)5-13-10/h4-5,7H,6H2,1-3H3. The van der Waals surface area contributed by atoms with E-state index < -0.39 is 5.82 Å². The molecule has 0 saturated carbocycles. The normalized spacial score (nSPS) is 12.6. The molecule has 0 spiro atoms. The second-order valence-electron chi connectivity index (χ2n) is 3.37. The van der Waals surface area contributed by atoms with Gasteiger partial charge in [0, 0.05) is 20.4 Å². The summed E-state index contributed by atoms with van der Waals surface area (Å²) in [5.74, 6) is -0.142. The summed E-state index contributed by atoms with van der Waals surface area (Å²) < 4.78 is 18.5. The third-order valence-electron chi connectivity index (χ3n) is 2.19. The predicted octanol–water partition coefficient (Wildman–Crippen LogP) is 2.35. The van der Waals surface area contributed by atoms with Crippen LogP contribution in [0.25, 0.3) is 0 Å². The van der Waals surface area contributed by atoms with Crippen LogP contribution in [0.5, 0.6) is 0 Å². The van der Waals surface area contributed by atoms with Crippen molar-refractivity contribution in [3.63, 3.8) is 0 Å². The van der Waals surface area contributed by atoms with Crippen molar-refractivity contribution in [2.75, 3.05) is 25.7 Å². The number of ether oxygens (including phenoxy) is 1. The summed E-state index contributed by atoms with van der Waals surface area (Å²) in [6, 6.07) is 1.30. The van der Waals surface area contributed by atoms with Gasteiger partial charge in [-0.05, 0) is 13.0 Å². The Bertz CT molecular complexity index is 335. The molecule has 0 aromatic carbocycles. The van der Waals surface area contributed by atoms with E-state index in [0.29, 0.717) is 11.6 Å². The molecule has 0 aliphatic rings. The number of hydrogen-bond donors (Lipinski definition) is 0. The molecule has 0 amide bonds. The van der Waals surface area contributed by atoms with Crippen molar-refractivity contribution in [3.8, 4) is 0 Å². The Morgan fingerprint density at radius 2 is 2.33 bits per heavy atom. The molecule has 1 heterocycles. The zero-order valence-corrected chi connectivity index (χ0v) is 9.75. The van der Waals surface area contributed by atoms with Gasteiger partial charge >= 0.3 is 0 Å². The molecule has 0 aliphatic carbocycles. The third kappa shape index (κ3) is 3.04. The number of nitrogens with zero attached hydrogens (tertiary/aromatic N) is 2. The number of rotatable bonds is 4. The molecule has 0 N–H and O–H groups in total. The highest BCUT2D eigenvalue weighted by Crippen LogP contribution is 2.20. The first-order valence-electron chi connectivity index (χ1n) is 4.59. The van der Waals surface area contributed by atoms with Crippen LogP contribution in [0, 0.1) is 5.82 Å². The lowest BCUT2D eigenvalue weighted by molar-refractivity contribution is 0.183. The van der Waals surface area contributed by atoms with Crippen LogP contribution < -0.4 is 4.90 Å². The predicted molar refractivity (Wildman–Crippen MR) is 58.9 cm³/mol. The topological polar surface area (TPSA) is 25.4 Å². The smallest absolute Gasteiger partial charge is 0.167 e. The van der Waals surface area contributed by atoms with Gasteiger partial charge in [-0.1, -0.05) is 11.6 Å². The summed E-state index contributed by atoms with van der Waals surface area (Å²) in [5, 5.41) is 0.295. The lowest BCUT2D eigenvalue weighted by Gasteiger charge is -2.25. The first kappa shape index (κ1) is 12.2. The van der Waals surface area contributed by atoms with Gasteiger partial charge in [-0.25, -0.2) is 9.37 Å². The lowest BCUT2D eigenvalue weighted by Crippen LogP contribution is -2.33. The summed E-state index contributed by atoms with van der Waals surface area (Å²) in [5.41, 5.74) is 0. The Labute approximate surface area is 93.8 Å². The van der Waals surface area contributed by atoms with Crippen LogP contribution in [0.4, 0.5) is 10.2 Å². The van der Waals surface area contributed by atoms with Crippen LogP contribution in [0.1, 0.15) is 6.92 Å². The fourth-order valence-electron chi connectivity index (χ4n) is 1.23. The summed E-state index contributed by atoms with van der Waals surface area (Å²) in [7, 11) is 3.37. The third-order valence-corrected chi connectivity index (χ3v) is 2.40. The highest BCUT2D eigenvalue weighted by atomic mass is 35.5. The first-order chi connectivity index (χ1) is 7.06. The second-order valence-corrected chi connectivity index (χ2v) is 3.81. The minimum atomic E-state index is -0.423. The van der Waals surface area contributed by atoms with Crippen LogP contribution in [-0.2, 0) is 4.74 Å². The van der Waals surface area contributed by atoms with E-state index in [-0.39, 0.29) is 11.9 Å². The van der Waals surface area contributed by atoms with Gasteiger partial charge in [0.1, 0.15) is 0 Å². The van der Waals surface area contributed by atoms with Gasteiger partial charge in [0.15, 0.2) is 11.6 Å². The molecule has 1 aromatic rings. The number of hydrogen-bond acceptors (Lipinski definition) is 3. The largest absolute Gasteiger partial charge is 0.383 e. The minimum Gasteiger partial charge on any atom is -0.383 e. The summed E-state index contributed by atoms with van der Waals surface area (Å²) in [4.78, 5) is 5.66. The molecule has 0 aliphatic heterocycles. The molecule has 0 radical (unpaired) electrons. The average Bonchev–Trinajstić information content (AvgIpc) is 2.17. The highest BCUT2D eigenvalue weighted by Gasteiger charge is 2.15. The second kappa shape index (κ2) is 5.28. The molecule has 0 fully saturated rings. The molecule has 84 valence electrons. The SMILES string of the molecule is COCC(C)N(C)c1ncc(Cl)cc1F. The molecule has 0 bridgehead atoms. The Morgan fingerprint density at radius 3 is 2.87 bits per heavy atom. The Balaban J connectivity index is 2.86. The Hall–Kier alpha value is -0.870. The lowest BCUT2D eigenvalue weighted by atomic mass is 10.3. The summed E-state index contributed by atoms with van der Waals surface area (Å²) in [6.45, 7) is 2.44. The van der Waals surface area contributed by atoms with Crippen LogP contribution in [0.2, 0.25) is 5.02 Å². The number of anilines is 1. The fourth-order valence-corrected chi connectivity index (χ4v) is 1.37. The molecular weight excluding hydrogens is 219 g/mol. The van der Waals surface area contributed by atoms with Crippen LogP contribution >= 0.6 is 11.6 Å². The molecule has 0 saturated heterocycles. The van der Waals surface area contributed by atoms with E-state index in [4.69, 9.17) is 16.3 Å². The van der Waals surface area contributed by atoms with E-state index in [0.717, 1.165) is 0 Å². The van der Waals surface area contributed by atoms with E-state index in [1.54, 1.807) is 19.1 Å². The van der Waals surface area contributed by atoms with E-state index in [1.165, 1.54) is 12.3 Å². The average molecular weight is 233 g/mol. The number of pyridine rings is 1. The highest BCUT2D eigenvalue weighted by molar-refractivity contribution is 6.30. The molecular formula is C10H14ClFN2O. The maximum Gasteiger partial charge on any atom is 0.167 e. The number of halogens is 2. The van der Waals surface area contributed by atoms with E-state index in [1.807, 2.05) is 6.92 Å². The van der Waals surface area contributed by atoms with Gasteiger partial charge in [0.25, 0.3) is 0 Å². The van der Waals surface area contributed by atoms with E-state index in [9.17, 15) is 4.39 Å². The number of methoxy groups -OCH3 is 1. The van der Waals surface area contributed by atoms with Gasteiger partial charge in [-0.2, -0.15) is 0 Å². The molecule has 1 unspecified atom stereocenters. The van der Waals surface area contributed by atoms with Crippen molar-refractivity contribution in [2.24, 2.45) is 0 Å². The molecule has 5 heteroatoms. The molecule has 15 heavy (non-hydrogen) atoms. The van der Waals surface area contributed by atoms with Crippen LogP contribution in [0.15, 0.2) is 12.3 Å². The van der Waals surface area contributed by atoms with Gasteiger partial charge < -0.3 is 9.64 Å². The van der Waals surface area contributed by atoms with Crippen molar-refractivity contribution in [1.82, 2.24) is 4.98 Å². The Kier molecular flexibility index (Phi) is 4.29. The first-order valence-corrected chi connectivity index (χ1v) is 4.97. The van der Waals surface area contributed by atoms with Crippen LogP contribution in [-0.4, -0.2) is 31.8 Å². The summed E-state index contributed by atoms with van der Waals surface area (Å²) >= 11 is 5.62. The Morgan fingerprint density at radius 1 is 1.67 bits per heavy atom. The van der Waals surface area contributed by atoms with Gasteiger partial charge in [0.05, 0.1) is 17.7 Å².